The Morgan fingerprint density at radius 3 is 2.64 bits per heavy atom. The maximum Gasteiger partial charge on any atom is 0.340 e. The number of nitrogens with two attached hydrogens (primary N) is 1. The van der Waals surface area contributed by atoms with Gasteiger partial charge < -0.3 is 20.1 Å². The normalized spacial score (nSPS) is 10.2. The van der Waals surface area contributed by atoms with E-state index >= 15 is 0 Å². The van der Waals surface area contributed by atoms with Crippen LogP contribution in [-0.4, -0.2) is 37.5 Å². The highest BCUT2D eigenvalue weighted by Gasteiger charge is 2.17. The third-order valence-corrected chi connectivity index (χ3v) is 3.82. The maximum absolute atomic E-state index is 12.2. The Balaban J connectivity index is 1.95. The lowest BCUT2D eigenvalue weighted by Crippen LogP contribution is -2.31. The van der Waals surface area contributed by atoms with E-state index < -0.39 is 12.6 Å². The number of rotatable bonds is 6. The second kappa shape index (κ2) is 8.39. The second-order valence-electron chi connectivity index (χ2n) is 5.37. The van der Waals surface area contributed by atoms with Gasteiger partial charge in [-0.2, -0.15) is 0 Å². The first kappa shape index (κ1) is 18.6. The summed E-state index contributed by atoms with van der Waals surface area (Å²) < 4.78 is 10.3. The first-order chi connectivity index (χ1) is 11.9. The number of para-hydroxylation sites is 1. The molecule has 0 saturated carbocycles. The van der Waals surface area contributed by atoms with Gasteiger partial charge in [0.15, 0.2) is 6.61 Å². The van der Waals surface area contributed by atoms with Crippen LogP contribution in [0.1, 0.15) is 15.9 Å². The summed E-state index contributed by atoms with van der Waals surface area (Å²) in [5.41, 5.74) is 6.95. The number of anilines is 1. The molecule has 0 saturated heterocycles. The lowest BCUT2D eigenvalue weighted by Gasteiger charge is -2.18. The van der Waals surface area contributed by atoms with Crippen molar-refractivity contribution in [3.05, 3.63) is 58.6 Å². The van der Waals surface area contributed by atoms with Crippen LogP contribution in [0, 0.1) is 0 Å². The molecule has 0 bridgehead atoms. The van der Waals surface area contributed by atoms with Crippen LogP contribution in [0.3, 0.4) is 0 Å². The van der Waals surface area contributed by atoms with Crippen molar-refractivity contribution in [2.24, 2.45) is 0 Å². The molecule has 0 unspecified atom stereocenters. The Morgan fingerprint density at radius 2 is 1.92 bits per heavy atom. The summed E-state index contributed by atoms with van der Waals surface area (Å²) in [5.74, 6) is -0.357. The van der Waals surface area contributed by atoms with E-state index in [1.54, 1.807) is 20.2 Å². The number of esters is 1. The van der Waals surface area contributed by atoms with E-state index in [1.807, 2.05) is 24.3 Å². The molecule has 0 heterocycles. The Bertz CT molecular complexity index is 779. The molecule has 0 atom stereocenters. The number of halogens is 1. The average Bonchev–Trinajstić information content (AvgIpc) is 2.61. The molecule has 1 amide bonds. The van der Waals surface area contributed by atoms with Gasteiger partial charge in [-0.1, -0.05) is 29.8 Å². The number of ether oxygens (including phenoxy) is 2. The van der Waals surface area contributed by atoms with E-state index in [-0.39, 0.29) is 17.2 Å². The Labute approximate surface area is 151 Å². The third kappa shape index (κ3) is 4.87. The molecule has 2 aromatic carbocycles. The minimum Gasteiger partial charge on any atom is -0.496 e. The first-order valence-corrected chi connectivity index (χ1v) is 7.88. The van der Waals surface area contributed by atoms with Gasteiger partial charge in [-0.15, -0.1) is 0 Å². The minimum atomic E-state index is -0.695. The highest BCUT2D eigenvalue weighted by Crippen LogP contribution is 2.20. The molecule has 132 valence electrons. The van der Waals surface area contributed by atoms with Gasteiger partial charge in [-0.3, -0.25) is 4.79 Å². The average molecular weight is 363 g/mol. The largest absolute Gasteiger partial charge is 0.496 e. The zero-order valence-corrected chi connectivity index (χ0v) is 14.7. The number of benzene rings is 2. The number of hydrogen-bond acceptors (Lipinski definition) is 5. The van der Waals surface area contributed by atoms with Crippen LogP contribution in [-0.2, 0) is 16.1 Å². The summed E-state index contributed by atoms with van der Waals surface area (Å²) in [6.07, 6.45) is 0. The van der Waals surface area contributed by atoms with Gasteiger partial charge in [0.2, 0.25) is 0 Å². The Kier molecular flexibility index (Phi) is 6.25. The topological polar surface area (TPSA) is 81.9 Å². The van der Waals surface area contributed by atoms with Gasteiger partial charge in [-0.25, -0.2) is 4.79 Å². The summed E-state index contributed by atoms with van der Waals surface area (Å²) >= 11 is 5.84. The van der Waals surface area contributed by atoms with Gasteiger partial charge >= 0.3 is 5.97 Å². The fraction of sp³-hybridized carbons (Fsp3) is 0.222. The van der Waals surface area contributed by atoms with Gasteiger partial charge in [0, 0.05) is 29.9 Å². The number of nitrogens with zero attached hydrogens (tertiary/aromatic N) is 1. The van der Waals surface area contributed by atoms with Gasteiger partial charge in [0.05, 0.1) is 12.7 Å². The third-order valence-electron chi connectivity index (χ3n) is 3.59. The molecule has 25 heavy (non-hydrogen) atoms. The number of carbonyl (C=O) groups is 2. The van der Waals surface area contributed by atoms with E-state index in [0.717, 1.165) is 5.56 Å². The van der Waals surface area contributed by atoms with E-state index in [0.29, 0.717) is 17.3 Å². The Morgan fingerprint density at radius 1 is 1.20 bits per heavy atom. The first-order valence-electron chi connectivity index (χ1n) is 7.50. The van der Waals surface area contributed by atoms with Crippen molar-refractivity contribution in [1.29, 1.82) is 0 Å². The summed E-state index contributed by atoms with van der Waals surface area (Å²) in [4.78, 5) is 25.7. The summed E-state index contributed by atoms with van der Waals surface area (Å²) in [7, 11) is 3.19. The number of likely N-dealkylation sites (N-methyl/N-ethyl adjacent to an activating group) is 1. The zero-order valence-electron chi connectivity index (χ0n) is 14.0. The van der Waals surface area contributed by atoms with E-state index in [4.69, 9.17) is 26.8 Å². The van der Waals surface area contributed by atoms with E-state index in [1.165, 1.54) is 17.0 Å². The lowest BCUT2D eigenvalue weighted by atomic mass is 10.2. The number of methoxy groups -OCH3 is 1. The molecule has 2 N–H and O–H groups in total. The van der Waals surface area contributed by atoms with Crippen LogP contribution >= 0.6 is 11.6 Å². The van der Waals surface area contributed by atoms with Crippen molar-refractivity contribution >= 4 is 29.2 Å². The predicted octanol–water partition coefficient (Wildman–Crippen LogP) is 2.75. The molecule has 0 aliphatic rings. The zero-order chi connectivity index (χ0) is 18.4. The molecule has 2 aromatic rings. The molecule has 0 fully saturated rings. The van der Waals surface area contributed by atoms with Gasteiger partial charge in [-0.05, 0) is 24.3 Å². The monoisotopic (exact) mass is 362 g/mol. The van der Waals surface area contributed by atoms with E-state index in [2.05, 4.69) is 0 Å². The fourth-order valence-electron chi connectivity index (χ4n) is 2.20. The SMILES string of the molecule is COc1ccccc1CN(C)C(=O)COC(=O)c1cc(Cl)ccc1N. The molecule has 7 heteroatoms. The van der Waals surface area contributed by atoms with Gasteiger partial charge in [0.1, 0.15) is 5.75 Å². The molecular formula is C18H19ClN2O4. The van der Waals surface area contributed by atoms with Crippen molar-refractivity contribution in [2.45, 2.75) is 6.54 Å². The number of amides is 1. The molecule has 0 aliphatic heterocycles. The number of nitrogen functional groups attached to an aromatic ring is 1. The predicted molar refractivity (Wildman–Crippen MR) is 95.6 cm³/mol. The van der Waals surface area contributed by atoms with Crippen LogP contribution in [0.25, 0.3) is 0 Å². The highest BCUT2D eigenvalue weighted by atomic mass is 35.5. The smallest absolute Gasteiger partial charge is 0.340 e. The number of hydrogen-bond donors (Lipinski definition) is 1. The van der Waals surface area contributed by atoms with Crippen molar-refractivity contribution in [3.8, 4) is 5.75 Å². The summed E-state index contributed by atoms with van der Waals surface area (Å²) in [6, 6.07) is 11.9. The number of carbonyl (C=O) groups excluding carboxylic acids is 2. The van der Waals surface area contributed by atoms with Crippen molar-refractivity contribution in [1.82, 2.24) is 4.90 Å². The fourth-order valence-corrected chi connectivity index (χ4v) is 2.37. The highest BCUT2D eigenvalue weighted by molar-refractivity contribution is 6.31. The quantitative estimate of drug-likeness (QED) is 0.631. The van der Waals surface area contributed by atoms with Crippen molar-refractivity contribution in [3.63, 3.8) is 0 Å². The van der Waals surface area contributed by atoms with Crippen LogP contribution in [0.5, 0.6) is 5.75 Å². The minimum absolute atomic E-state index is 0.132. The molecule has 0 aromatic heterocycles. The molecule has 0 spiro atoms. The van der Waals surface area contributed by atoms with Crippen molar-refractivity contribution in [2.75, 3.05) is 26.5 Å². The lowest BCUT2D eigenvalue weighted by molar-refractivity contribution is -0.133. The van der Waals surface area contributed by atoms with Crippen LogP contribution < -0.4 is 10.5 Å². The molecule has 6 nitrogen and oxygen atoms in total. The molecule has 0 radical (unpaired) electrons. The molecule has 0 aliphatic carbocycles. The Hall–Kier alpha value is -2.73. The summed E-state index contributed by atoms with van der Waals surface area (Å²) in [5, 5.41) is 0.362. The van der Waals surface area contributed by atoms with Gasteiger partial charge in [0.25, 0.3) is 5.91 Å². The van der Waals surface area contributed by atoms with Crippen molar-refractivity contribution < 1.29 is 19.1 Å². The van der Waals surface area contributed by atoms with Crippen LogP contribution in [0.15, 0.2) is 42.5 Å². The molecular weight excluding hydrogens is 344 g/mol. The van der Waals surface area contributed by atoms with E-state index in [9.17, 15) is 9.59 Å². The van der Waals surface area contributed by atoms with Crippen LogP contribution in [0.4, 0.5) is 5.69 Å². The maximum atomic E-state index is 12.2. The molecule has 2 rings (SSSR count). The summed E-state index contributed by atoms with van der Waals surface area (Å²) in [6.45, 7) is -0.0594. The standard InChI is InChI=1S/C18H19ClN2O4/c1-21(10-12-5-3-4-6-16(12)24-2)17(22)11-25-18(23)14-9-13(19)7-8-15(14)20/h3-9H,10-11,20H2,1-2H3. The second-order valence-corrected chi connectivity index (χ2v) is 5.81. The van der Waals surface area contributed by atoms with Crippen LogP contribution in [0.2, 0.25) is 5.02 Å².